The van der Waals surface area contributed by atoms with Gasteiger partial charge in [0.25, 0.3) is 0 Å². The molecule has 21 heavy (non-hydrogen) atoms. The summed E-state index contributed by atoms with van der Waals surface area (Å²) in [6.07, 6.45) is 0. The van der Waals surface area contributed by atoms with E-state index in [0.29, 0.717) is 24.0 Å². The standard InChI is InChI=1S/C16H20ClNO2S/c1-16(2,3)14-10-21-15(18-14)9-20-13-7-11(8-17)5-6-12(13)19-4/h5-7,10H,8-9H2,1-4H3. The highest BCUT2D eigenvalue weighted by Gasteiger charge is 2.17. The Morgan fingerprint density at radius 1 is 1.24 bits per heavy atom. The predicted octanol–water partition coefficient (Wildman–Crippen LogP) is 4.77. The van der Waals surface area contributed by atoms with E-state index in [4.69, 9.17) is 21.1 Å². The molecule has 114 valence electrons. The van der Waals surface area contributed by atoms with E-state index < -0.39 is 0 Å². The molecule has 0 unspecified atom stereocenters. The minimum absolute atomic E-state index is 0.0605. The van der Waals surface area contributed by atoms with Gasteiger partial charge in [-0.05, 0) is 17.7 Å². The molecule has 2 aromatic rings. The van der Waals surface area contributed by atoms with Crippen molar-refractivity contribution in [2.24, 2.45) is 0 Å². The summed E-state index contributed by atoms with van der Waals surface area (Å²) in [4.78, 5) is 4.62. The van der Waals surface area contributed by atoms with Gasteiger partial charge in [-0.15, -0.1) is 22.9 Å². The number of thiazole rings is 1. The van der Waals surface area contributed by atoms with Crippen LogP contribution in [0.15, 0.2) is 23.6 Å². The number of methoxy groups -OCH3 is 1. The van der Waals surface area contributed by atoms with Gasteiger partial charge in [0.2, 0.25) is 0 Å². The predicted molar refractivity (Wildman–Crippen MR) is 87.7 cm³/mol. The van der Waals surface area contributed by atoms with Gasteiger partial charge >= 0.3 is 0 Å². The lowest BCUT2D eigenvalue weighted by Gasteiger charge is -2.14. The van der Waals surface area contributed by atoms with Crippen molar-refractivity contribution in [1.29, 1.82) is 0 Å². The summed E-state index contributed by atoms with van der Waals surface area (Å²) in [5.41, 5.74) is 2.15. The topological polar surface area (TPSA) is 31.4 Å². The Morgan fingerprint density at radius 2 is 2.00 bits per heavy atom. The SMILES string of the molecule is COc1ccc(CCl)cc1OCc1nc(C(C)(C)C)cs1. The number of halogens is 1. The average Bonchev–Trinajstić information content (AvgIpc) is 2.93. The molecule has 0 radical (unpaired) electrons. The molecule has 2 rings (SSSR count). The van der Waals surface area contributed by atoms with Gasteiger partial charge in [0.15, 0.2) is 11.5 Å². The summed E-state index contributed by atoms with van der Waals surface area (Å²) in [5, 5.41) is 3.05. The van der Waals surface area contributed by atoms with E-state index in [2.05, 4.69) is 31.1 Å². The minimum atomic E-state index is 0.0605. The van der Waals surface area contributed by atoms with Gasteiger partial charge in [0.1, 0.15) is 11.6 Å². The highest BCUT2D eigenvalue weighted by molar-refractivity contribution is 7.09. The number of hydrogen-bond acceptors (Lipinski definition) is 4. The molecule has 0 aliphatic heterocycles. The molecule has 1 heterocycles. The summed E-state index contributed by atoms with van der Waals surface area (Å²) in [6.45, 7) is 6.89. The number of benzene rings is 1. The van der Waals surface area contributed by atoms with E-state index in [-0.39, 0.29) is 5.41 Å². The first kappa shape index (κ1) is 16.1. The summed E-state index contributed by atoms with van der Waals surface area (Å²) < 4.78 is 11.2. The largest absolute Gasteiger partial charge is 0.493 e. The van der Waals surface area contributed by atoms with Crippen LogP contribution in [0.3, 0.4) is 0 Å². The first-order chi connectivity index (χ1) is 9.94. The summed E-state index contributed by atoms with van der Waals surface area (Å²) in [6, 6.07) is 5.71. The van der Waals surface area contributed by atoms with Crippen LogP contribution in [0.4, 0.5) is 0 Å². The molecule has 0 N–H and O–H groups in total. The quantitative estimate of drug-likeness (QED) is 0.742. The van der Waals surface area contributed by atoms with Crippen molar-refractivity contribution in [3.8, 4) is 11.5 Å². The zero-order valence-electron chi connectivity index (χ0n) is 12.8. The molecule has 0 aliphatic carbocycles. The van der Waals surface area contributed by atoms with Crippen LogP contribution in [0.5, 0.6) is 11.5 Å². The van der Waals surface area contributed by atoms with Gasteiger partial charge in [-0.1, -0.05) is 26.8 Å². The Morgan fingerprint density at radius 3 is 2.57 bits per heavy atom. The monoisotopic (exact) mass is 325 g/mol. The van der Waals surface area contributed by atoms with Crippen molar-refractivity contribution in [3.05, 3.63) is 39.8 Å². The van der Waals surface area contributed by atoms with E-state index >= 15 is 0 Å². The Hall–Kier alpha value is -1.26. The molecule has 0 bridgehead atoms. The van der Waals surface area contributed by atoms with Crippen molar-refractivity contribution in [1.82, 2.24) is 4.98 Å². The van der Waals surface area contributed by atoms with Crippen LogP contribution < -0.4 is 9.47 Å². The molecule has 1 aromatic heterocycles. The molecule has 0 aliphatic rings. The van der Waals surface area contributed by atoms with Crippen LogP contribution in [-0.2, 0) is 17.9 Å². The fourth-order valence-corrected chi connectivity index (χ4v) is 2.88. The third kappa shape index (κ3) is 4.11. The molecular formula is C16H20ClNO2S. The molecule has 1 aromatic carbocycles. The number of alkyl halides is 1. The van der Waals surface area contributed by atoms with Crippen LogP contribution in [-0.4, -0.2) is 12.1 Å². The van der Waals surface area contributed by atoms with Crippen molar-refractivity contribution >= 4 is 22.9 Å². The zero-order valence-corrected chi connectivity index (χ0v) is 14.3. The number of rotatable bonds is 5. The van der Waals surface area contributed by atoms with Crippen LogP contribution >= 0.6 is 22.9 Å². The fraction of sp³-hybridized carbons (Fsp3) is 0.438. The van der Waals surface area contributed by atoms with Gasteiger partial charge in [-0.25, -0.2) is 4.98 Å². The number of ether oxygens (including phenoxy) is 2. The number of aromatic nitrogens is 1. The molecule has 0 saturated heterocycles. The minimum Gasteiger partial charge on any atom is -0.493 e. The van der Waals surface area contributed by atoms with Gasteiger partial charge in [-0.3, -0.25) is 0 Å². The first-order valence-corrected chi connectivity index (χ1v) is 8.16. The van der Waals surface area contributed by atoms with Crippen molar-refractivity contribution in [2.75, 3.05) is 7.11 Å². The fourth-order valence-electron chi connectivity index (χ4n) is 1.78. The maximum Gasteiger partial charge on any atom is 0.162 e. The van der Waals surface area contributed by atoms with Crippen LogP contribution in [0, 0.1) is 0 Å². The van der Waals surface area contributed by atoms with Crippen LogP contribution in [0.1, 0.15) is 37.0 Å². The van der Waals surface area contributed by atoms with E-state index in [1.54, 1.807) is 18.4 Å². The van der Waals surface area contributed by atoms with E-state index in [1.165, 1.54) is 0 Å². The molecule has 0 spiro atoms. The second kappa shape index (κ2) is 6.67. The normalized spacial score (nSPS) is 11.5. The Kier molecular flexibility index (Phi) is 5.12. The molecule has 5 heteroatoms. The van der Waals surface area contributed by atoms with E-state index in [1.807, 2.05) is 18.2 Å². The lowest BCUT2D eigenvalue weighted by atomic mass is 9.93. The van der Waals surface area contributed by atoms with Crippen LogP contribution in [0.25, 0.3) is 0 Å². The Labute approximate surface area is 134 Å². The van der Waals surface area contributed by atoms with Gasteiger partial charge in [0.05, 0.1) is 12.8 Å². The summed E-state index contributed by atoms with van der Waals surface area (Å²) in [7, 11) is 1.63. The molecule has 0 amide bonds. The third-order valence-corrected chi connectivity index (χ3v) is 4.18. The average molecular weight is 326 g/mol. The van der Waals surface area contributed by atoms with Crippen molar-refractivity contribution < 1.29 is 9.47 Å². The smallest absolute Gasteiger partial charge is 0.162 e. The van der Waals surface area contributed by atoms with E-state index in [0.717, 1.165) is 16.3 Å². The van der Waals surface area contributed by atoms with Crippen LogP contribution in [0.2, 0.25) is 0 Å². The van der Waals surface area contributed by atoms with Gasteiger partial charge in [0, 0.05) is 16.7 Å². The van der Waals surface area contributed by atoms with Gasteiger partial charge < -0.3 is 9.47 Å². The molecule has 0 fully saturated rings. The Bertz CT molecular complexity index is 605. The molecule has 0 saturated carbocycles. The molecule has 3 nitrogen and oxygen atoms in total. The van der Waals surface area contributed by atoms with Gasteiger partial charge in [-0.2, -0.15) is 0 Å². The summed E-state index contributed by atoms with van der Waals surface area (Å²) >= 11 is 7.47. The van der Waals surface area contributed by atoms with E-state index in [9.17, 15) is 0 Å². The second-order valence-electron chi connectivity index (χ2n) is 5.78. The second-order valence-corrected chi connectivity index (χ2v) is 6.99. The van der Waals surface area contributed by atoms with Crippen molar-refractivity contribution in [2.45, 2.75) is 38.7 Å². The van der Waals surface area contributed by atoms with Crippen molar-refractivity contribution in [3.63, 3.8) is 0 Å². The maximum absolute atomic E-state index is 5.86. The molecule has 0 atom stereocenters. The highest BCUT2D eigenvalue weighted by Crippen LogP contribution is 2.30. The lowest BCUT2D eigenvalue weighted by molar-refractivity contribution is 0.283. The lowest BCUT2D eigenvalue weighted by Crippen LogP contribution is -2.11. The zero-order chi connectivity index (χ0) is 15.5. The summed E-state index contributed by atoms with van der Waals surface area (Å²) in [5.74, 6) is 1.85. The molecular weight excluding hydrogens is 306 g/mol. The Balaban J connectivity index is 2.10. The number of hydrogen-bond donors (Lipinski definition) is 0. The highest BCUT2D eigenvalue weighted by atomic mass is 35.5. The third-order valence-electron chi connectivity index (χ3n) is 3.05. The first-order valence-electron chi connectivity index (χ1n) is 6.74. The number of nitrogens with zero attached hydrogens (tertiary/aromatic N) is 1. The maximum atomic E-state index is 5.86.